The number of ether oxygens (including phenoxy) is 3. The van der Waals surface area contributed by atoms with Crippen LogP contribution in [0.4, 0.5) is 0 Å². The zero-order valence-electron chi connectivity index (χ0n) is 15.9. The lowest BCUT2D eigenvalue weighted by molar-refractivity contribution is 0.0329. The summed E-state index contributed by atoms with van der Waals surface area (Å²) in [4.78, 5) is 2.47. The standard InChI is InChI=1S/C20H32N2O4/c1-24-18-5-3-4-17(20(18)25-2)19(23)15-6-8-21-16(14-15)7-9-22-10-12-26-13-11-22/h3-5,15-16,19,21,23H,6-14H2,1-2H3. The van der Waals surface area contributed by atoms with Crippen molar-refractivity contribution in [1.82, 2.24) is 10.2 Å². The molecule has 0 aromatic heterocycles. The lowest BCUT2D eigenvalue weighted by Gasteiger charge is -2.35. The number of methoxy groups -OCH3 is 2. The van der Waals surface area contributed by atoms with E-state index in [-0.39, 0.29) is 5.92 Å². The maximum atomic E-state index is 11.0. The summed E-state index contributed by atoms with van der Waals surface area (Å²) < 4.78 is 16.3. The molecule has 3 atom stereocenters. The summed E-state index contributed by atoms with van der Waals surface area (Å²) in [5.74, 6) is 1.54. The molecule has 2 aliphatic heterocycles. The maximum absolute atomic E-state index is 11.0. The van der Waals surface area contributed by atoms with Gasteiger partial charge in [-0.15, -0.1) is 0 Å². The van der Waals surface area contributed by atoms with Crippen molar-refractivity contribution in [3.8, 4) is 11.5 Å². The van der Waals surface area contributed by atoms with Gasteiger partial charge in [0, 0.05) is 24.7 Å². The van der Waals surface area contributed by atoms with Gasteiger partial charge in [0.15, 0.2) is 11.5 Å². The Morgan fingerprint density at radius 2 is 2.08 bits per heavy atom. The summed E-state index contributed by atoms with van der Waals surface area (Å²) in [6.45, 7) is 5.78. The maximum Gasteiger partial charge on any atom is 0.166 e. The number of aliphatic hydroxyl groups is 1. The van der Waals surface area contributed by atoms with Crippen LogP contribution in [0, 0.1) is 5.92 Å². The Hall–Kier alpha value is -1.34. The van der Waals surface area contributed by atoms with Crippen molar-refractivity contribution in [2.45, 2.75) is 31.4 Å². The third-order valence-corrected chi connectivity index (χ3v) is 5.63. The van der Waals surface area contributed by atoms with Gasteiger partial charge in [-0.05, 0) is 44.3 Å². The molecule has 26 heavy (non-hydrogen) atoms. The van der Waals surface area contributed by atoms with Crippen LogP contribution < -0.4 is 14.8 Å². The molecule has 2 heterocycles. The molecular formula is C20H32N2O4. The molecule has 1 aromatic carbocycles. The fourth-order valence-electron chi connectivity index (χ4n) is 4.11. The van der Waals surface area contributed by atoms with Crippen molar-refractivity contribution in [1.29, 1.82) is 0 Å². The van der Waals surface area contributed by atoms with Gasteiger partial charge in [0.25, 0.3) is 0 Å². The second-order valence-electron chi connectivity index (χ2n) is 7.21. The molecule has 0 spiro atoms. The van der Waals surface area contributed by atoms with Gasteiger partial charge in [-0.1, -0.05) is 12.1 Å². The summed E-state index contributed by atoms with van der Waals surface area (Å²) in [5.41, 5.74) is 0.825. The molecular weight excluding hydrogens is 332 g/mol. The van der Waals surface area contributed by atoms with E-state index in [1.807, 2.05) is 18.2 Å². The van der Waals surface area contributed by atoms with Gasteiger partial charge in [-0.25, -0.2) is 0 Å². The normalized spacial score (nSPS) is 25.7. The van der Waals surface area contributed by atoms with Crippen LogP contribution in [0.1, 0.15) is 30.9 Å². The highest BCUT2D eigenvalue weighted by atomic mass is 16.5. The molecule has 6 heteroatoms. The number of hydrogen-bond acceptors (Lipinski definition) is 6. The molecule has 3 rings (SSSR count). The Morgan fingerprint density at radius 3 is 2.81 bits per heavy atom. The summed E-state index contributed by atoms with van der Waals surface area (Å²) in [5, 5.41) is 14.6. The van der Waals surface area contributed by atoms with Crippen molar-refractivity contribution in [2.24, 2.45) is 5.92 Å². The first kappa shape index (κ1) is 19.4. The van der Waals surface area contributed by atoms with Crippen molar-refractivity contribution in [2.75, 3.05) is 53.6 Å². The van der Waals surface area contributed by atoms with Gasteiger partial charge < -0.3 is 24.6 Å². The van der Waals surface area contributed by atoms with E-state index in [9.17, 15) is 5.11 Å². The molecule has 0 radical (unpaired) electrons. The average molecular weight is 364 g/mol. The molecule has 1 aromatic rings. The van der Waals surface area contributed by atoms with Gasteiger partial charge in [0.2, 0.25) is 0 Å². The number of aliphatic hydroxyl groups excluding tert-OH is 1. The first-order valence-corrected chi connectivity index (χ1v) is 9.65. The van der Waals surface area contributed by atoms with Gasteiger partial charge >= 0.3 is 0 Å². The van der Waals surface area contributed by atoms with Gasteiger partial charge in [-0.2, -0.15) is 0 Å². The first-order valence-electron chi connectivity index (χ1n) is 9.65. The van der Waals surface area contributed by atoms with E-state index in [0.29, 0.717) is 17.5 Å². The number of morpholine rings is 1. The van der Waals surface area contributed by atoms with Crippen LogP contribution in [0.15, 0.2) is 18.2 Å². The fraction of sp³-hybridized carbons (Fsp3) is 0.700. The van der Waals surface area contributed by atoms with E-state index in [4.69, 9.17) is 14.2 Å². The molecule has 0 bridgehead atoms. The van der Waals surface area contributed by atoms with Gasteiger partial charge in [0.05, 0.1) is 33.5 Å². The summed E-state index contributed by atoms with van der Waals surface area (Å²) in [7, 11) is 3.25. The predicted octanol–water partition coefficient (Wildman–Crippen LogP) is 1.83. The third-order valence-electron chi connectivity index (χ3n) is 5.63. The minimum Gasteiger partial charge on any atom is -0.493 e. The number of hydrogen-bond donors (Lipinski definition) is 2. The van der Waals surface area contributed by atoms with Crippen molar-refractivity contribution in [3.63, 3.8) is 0 Å². The Morgan fingerprint density at radius 1 is 1.27 bits per heavy atom. The van der Waals surface area contributed by atoms with Crippen molar-refractivity contribution in [3.05, 3.63) is 23.8 Å². The van der Waals surface area contributed by atoms with Crippen LogP contribution >= 0.6 is 0 Å². The highest BCUT2D eigenvalue weighted by Crippen LogP contribution is 2.40. The van der Waals surface area contributed by atoms with Crippen LogP contribution in [-0.2, 0) is 4.74 Å². The number of nitrogens with zero attached hydrogens (tertiary/aromatic N) is 1. The van der Waals surface area contributed by atoms with Crippen molar-refractivity contribution >= 4 is 0 Å². The van der Waals surface area contributed by atoms with E-state index >= 15 is 0 Å². The quantitative estimate of drug-likeness (QED) is 0.770. The van der Waals surface area contributed by atoms with E-state index in [0.717, 1.165) is 64.2 Å². The van der Waals surface area contributed by atoms with Crippen LogP contribution in [-0.4, -0.2) is 69.7 Å². The fourth-order valence-corrected chi connectivity index (χ4v) is 4.11. The molecule has 0 amide bonds. The van der Waals surface area contributed by atoms with E-state index in [1.165, 1.54) is 0 Å². The molecule has 2 N–H and O–H groups in total. The first-order chi connectivity index (χ1) is 12.7. The minimum atomic E-state index is -0.534. The highest BCUT2D eigenvalue weighted by Gasteiger charge is 2.30. The lowest BCUT2D eigenvalue weighted by Crippen LogP contribution is -2.43. The predicted molar refractivity (Wildman–Crippen MR) is 101 cm³/mol. The monoisotopic (exact) mass is 364 g/mol. The number of para-hydroxylation sites is 1. The van der Waals surface area contributed by atoms with Gasteiger partial charge in [-0.3, -0.25) is 4.90 Å². The largest absolute Gasteiger partial charge is 0.493 e. The Bertz CT molecular complexity index is 563. The molecule has 2 fully saturated rings. The Balaban J connectivity index is 1.60. The van der Waals surface area contributed by atoms with Crippen molar-refractivity contribution < 1.29 is 19.3 Å². The van der Waals surface area contributed by atoms with Crippen LogP contribution in [0.25, 0.3) is 0 Å². The summed E-state index contributed by atoms with van der Waals surface area (Å²) in [6.07, 6.45) is 2.52. The number of benzene rings is 1. The molecule has 3 unspecified atom stereocenters. The van der Waals surface area contributed by atoms with E-state index < -0.39 is 6.10 Å². The van der Waals surface area contributed by atoms with Crippen LogP contribution in [0.3, 0.4) is 0 Å². The zero-order chi connectivity index (χ0) is 18.4. The Kier molecular flexibility index (Phi) is 7.14. The SMILES string of the molecule is COc1cccc(C(O)C2CCNC(CCN3CCOCC3)C2)c1OC. The molecule has 0 saturated carbocycles. The lowest BCUT2D eigenvalue weighted by atomic mass is 9.83. The average Bonchev–Trinajstić information content (AvgIpc) is 2.72. The van der Waals surface area contributed by atoms with Crippen LogP contribution in [0.2, 0.25) is 0 Å². The second-order valence-corrected chi connectivity index (χ2v) is 7.21. The molecule has 2 aliphatic rings. The molecule has 146 valence electrons. The third kappa shape index (κ3) is 4.68. The zero-order valence-corrected chi connectivity index (χ0v) is 15.9. The van der Waals surface area contributed by atoms with E-state index in [1.54, 1.807) is 14.2 Å². The molecule has 2 saturated heterocycles. The number of piperidine rings is 1. The second kappa shape index (κ2) is 9.55. The van der Waals surface area contributed by atoms with E-state index in [2.05, 4.69) is 10.2 Å². The Labute approximate surface area is 156 Å². The highest BCUT2D eigenvalue weighted by molar-refractivity contribution is 5.47. The number of nitrogens with one attached hydrogen (secondary N) is 1. The smallest absolute Gasteiger partial charge is 0.166 e. The topological polar surface area (TPSA) is 63.2 Å². The molecule has 0 aliphatic carbocycles. The summed E-state index contributed by atoms with van der Waals surface area (Å²) in [6, 6.07) is 6.17. The summed E-state index contributed by atoms with van der Waals surface area (Å²) >= 11 is 0. The minimum absolute atomic E-state index is 0.229. The van der Waals surface area contributed by atoms with Crippen LogP contribution in [0.5, 0.6) is 11.5 Å². The molecule has 6 nitrogen and oxygen atoms in total. The number of rotatable bonds is 7. The van der Waals surface area contributed by atoms with Gasteiger partial charge in [0.1, 0.15) is 0 Å².